The van der Waals surface area contributed by atoms with E-state index < -0.39 is 0 Å². The second kappa shape index (κ2) is 8.69. The molecule has 1 aliphatic heterocycles. The minimum Gasteiger partial charge on any atom is -0.342 e. The van der Waals surface area contributed by atoms with Crippen LogP contribution < -0.4 is 0 Å². The van der Waals surface area contributed by atoms with Crippen LogP contribution in [0.3, 0.4) is 0 Å². The molecule has 3 heterocycles. The number of aromatic nitrogens is 6. The molecule has 1 saturated heterocycles. The highest BCUT2D eigenvalue weighted by molar-refractivity contribution is 5.76. The molecule has 0 spiro atoms. The number of amides is 1. The van der Waals surface area contributed by atoms with Crippen LogP contribution in [0.25, 0.3) is 11.5 Å². The van der Waals surface area contributed by atoms with Crippen molar-refractivity contribution in [3.05, 3.63) is 54.5 Å². The number of carbonyl (C=O) groups is 1. The normalized spacial score (nSPS) is 16.9. The molecule has 0 N–H and O–H groups in total. The van der Waals surface area contributed by atoms with Crippen molar-refractivity contribution in [1.82, 2.24) is 35.1 Å². The van der Waals surface area contributed by atoms with E-state index in [1.165, 1.54) is 5.56 Å². The maximum atomic E-state index is 12.6. The molecule has 0 aliphatic carbocycles. The van der Waals surface area contributed by atoms with Crippen molar-refractivity contribution in [2.75, 3.05) is 13.1 Å². The third kappa shape index (κ3) is 4.57. The summed E-state index contributed by atoms with van der Waals surface area (Å²) in [7, 11) is 0. The molecular formula is C20H23N7O. The minimum atomic E-state index is 0.223. The van der Waals surface area contributed by atoms with E-state index in [1.54, 1.807) is 23.4 Å². The van der Waals surface area contributed by atoms with Crippen LogP contribution in [-0.2, 0) is 17.8 Å². The van der Waals surface area contributed by atoms with Gasteiger partial charge in [-0.3, -0.25) is 9.78 Å². The molecule has 1 aliphatic rings. The number of likely N-dealkylation sites (tertiary alicyclic amines) is 1. The predicted octanol–water partition coefficient (Wildman–Crippen LogP) is 2.00. The monoisotopic (exact) mass is 377 g/mol. The van der Waals surface area contributed by atoms with Gasteiger partial charge < -0.3 is 4.90 Å². The van der Waals surface area contributed by atoms with Gasteiger partial charge in [-0.15, -0.1) is 10.2 Å². The lowest BCUT2D eigenvalue weighted by molar-refractivity contribution is -0.133. The van der Waals surface area contributed by atoms with Crippen molar-refractivity contribution >= 4 is 5.91 Å². The van der Waals surface area contributed by atoms with Gasteiger partial charge in [0.2, 0.25) is 11.7 Å². The standard InChI is InChI=1S/C20H23N7O/c28-19(9-8-16-5-2-1-3-6-16)26-12-4-7-17(14-26)15-27-24-20(23-25-27)18-13-21-10-11-22-18/h1-3,5-6,10-11,13,17H,4,7-9,12,14-15H2/t17-/m1/s1. The van der Waals surface area contributed by atoms with E-state index in [2.05, 4.69) is 37.5 Å². The first-order valence-electron chi connectivity index (χ1n) is 9.64. The maximum Gasteiger partial charge on any atom is 0.224 e. The van der Waals surface area contributed by atoms with Crippen molar-refractivity contribution < 1.29 is 4.79 Å². The Kier molecular flexibility index (Phi) is 5.65. The number of hydrogen-bond donors (Lipinski definition) is 0. The summed E-state index contributed by atoms with van der Waals surface area (Å²) in [6.45, 7) is 2.23. The third-order valence-electron chi connectivity index (χ3n) is 5.01. The van der Waals surface area contributed by atoms with Gasteiger partial charge in [0.1, 0.15) is 5.69 Å². The second-order valence-corrected chi connectivity index (χ2v) is 7.09. The smallest absolute Gasteiger partial charge is 0.224 e. The average molecular weight is 377 g/mol. The van der Waals surface area contributed by atoms with Crippen molar-refractivity contribution in [3.63, 3.8) is 0 Å². The Morgan fingerprint density at radius 1 is 1.18 bits per heavy atom. The van der Waals surface area contributed by atoms with Gasteiger partial charge in [0.05, 0.1) is 12.7 Å². The Hall–Kier alpha value is -3.16. The number of carbonyl (C=O) groups excluding carboxylic acids is 1. The summed E-state index contributed by atoms with van der Waals surface area (Å²) in [4.78, 5) is 24.4. The van der Waals surface area contributed by atoms with E-state index in [4.69, 9.17) is 0 Å². The summed E-state index contributed by atoms with van der Waals surface area (Å²) < 4.78 is 0. The molecule has 2 aromatic heterocycles. The lowest BCUT2D eigenvalue weighted by atomic mass is 9.97. The van der Waals surface area contributed by atoms with E-state index in [0.29, 0.717) is 30.4 Å². The molecule has 1 aromatic carbocycles. The number of nitrogens with zero attached hydrogens (tertiary/aromatic N) is 7. The zero-order valence-electron chi connectivity index (χ0n) is 15.7. The Morgan fingerprint density at radius 2 is 2.07 bits per heavy atom. The lowest BCUT2D eigenvalue weighted by Crippen LogP contribution is -2.41. The Morgan fingerprint density at radius 3 is 2.89 bits per heavy atom. The molecule has 0 bridgehead atoms. The molecule has 8 nitrogen and oxygen atoms in total. The van der Waals surface area contributed by atoms with Crippen molar-refractivity contribution in [2.45, 2.75) is 32.2 Å². The highest BCUT2D eigenvalue weighted by Gasteiger charge is 2.24. The van der Waals surface area contributed by atoms with Gasteiger partial charge in [-0.25, -0.2) is 4.98 Å². The summed E-state index contributed by atoms with van der Waals surface area (Å²) >= 11 is 0. The van der Waals surface area contributed by atoms with Crippen LogP contribution in [0.5, 0.6) is 0 Å². The fraction of sp³-hybridized carbons (Fsp3) is 0.400. The maximum absolute atomic E-state index is 12.6. The largest absolute Gasteiger partial charge is 0.342 e. The molecule has 0 radical (unpaired) electrons. The first-order chi connectivity index (χ1) is 13.8. The van der Waals surface area contributed by atoms with Gasteiger partial charge in [-0.2, -0.15) is 4.80 Å². The molecule has 1 fully saturated rings. The van der Waals surface area contributed by atoms with Crippen LogP contribution in [0.1, 0.15) is 24.8 Å². The van der Waals surface area contributed by atoms with Crippen LogP contribution in [0.4, 0.5) is 0 Å². The molecule has 0 unspecified atom stereocenters. The van der Waals surface area contributed by atoms with Crippen LogP contribution >= 0.6 is 0 Å². The fourth-order valence-electron chi connectivity index (χ4n) is 3.56. The molecule has 28 heavy (non-hydrogen) atoms. The molecule has 3 aromatic rings. The Bertz CT molecular complexity index is 897. The van der Waals surface area contributed by atoms with Gasteiger partial charge in [0, 0.05) is 31.9 Å². The molecule has 1 atom stereocenters. The molecule has 8 heteroatoms. The number of piperidine rings is 1. The Balaban J connectivity index is 1.31. The van der Waals surface area contributed by atoms with E-state index in [1.807, 2.05) is 23.1 Å². The molecule has 0 saturated carbocycles. The zero-order valence-corrected chi connectivity index (χ0v) is 15.7. The van der Waals surface area contributed by atoms with Gasteiger partial charge in [0.15, 0.2) is 0 Å². The topological polar surface area (TPSA) is 89.7 Å². The Labute approximate surface area is 163 Å². The number of aryl methyl sites for hydroxylation is 1. The van der Waals surface area contributed by atoms with Crippen LogP contribution in [0, 0.1) is 5.92 Å². The quantitative estimate of drug-likeness (QED) is 0.653. The minimum absolute atomic E-state index is 0.223. The van der Waals surface area contributed by atoms with E-state index >= 15 is 0 Å². The lowest BCUT2D eigenvalue weighted by Gasteiger charge is -2.32. The summed E-state index contributed by atoms with van der Waals surface area (Å²) in [5.74, 6) is 1.03. The van der Waals surface area contributed by atoms with Crippen molar-refractivity contribution in [3.8, 4) is 11.5 Å². The summed E-state index contributed by atoms with van der Waals surface area (Å²) in [6.07, 6.45) is 8.24. The first-order valence-corrected chi connectivity index (χ1v) is 9.64. The molecular weight excluding hydrogens is 354 g/mol. The predicted molar refractivity (Wildman–Crippen MR) is 103 cm³/mol. The number of hydrogen-bond acceptors (Lipinski definition) is 6. The SMILES string of the molecule is O=C(CCc1ccccc1)N1CCC[C@@H](Cn2nnc(-c3cnccn3)n2)C1. The van der Waals surface area contributed by atoms with Crippen LogP contribution in [0.15, 0.2) is 48.9 Å². The average Bonchev–Trinajstić information content (AvgIpc) is 3.22. The highest BCUT2D eigenvalue weighted by Crippen LogP contribution is 2.19. The number of tetrazole rings is 1. The van der Waals surface area contributed by atoms with Gasteiger partial charge >= 0.3 is 0 Å². The number of benzene rings is 1. The van der Waals surface area contributed by atoms with E-state index in [9.17, 15) is 4.79 Å². The van der Waals surface area contributed by atoms with Gasteiger partial charge in [0.25, 0.3) is 0 Å². The van der Waals surface area contributed by atoms with E-state index in [-0.39, 0.29) is 5.91 Å². The van der Waals surface area contributed by atoms with Crippen LogP contribution in [0.2, 0.25) is 0 Å². The summed E-state index contributed by atoms with van der Waals surface area (Å²) in [5, 5.41) is 12.6. The highest BCUT2D eigenvalue weighted by atomic mass is 16.2. The number of rotatable bonds is 6. The molecule has 144 valence electrons. The van der Waals surface area contributed by atoms with Crippen molar-refractivity contribution in [2.24, 2.45) is 5.92 Å². The molecule has 1 amide bonds. The van der Waals surface area contributed by atoms with E-state index in [0.717, 1.165) is 32.4 Å². The first kappa shape index (κ1) is 18.2. The van der Waals surface area contributed by atoms with Crippen LogP contribution in [-0.4, -0.2) is 54.1 Å². The van der Waals surface area contributed by atoms with Gasteiger partial charge in [-0.1, -0.05) is 30.3 Å². The third-order valence-corrected chi connectivity index (χ3v) is 5.01. The van der Waals surface area contributed by atoms with Crippen molar-refractivity contribution in [1.29, 1.82) is 0 Å². The molecule has 4 rings (SSSR count). The zero-order chi connectivity index (χ0) is 19.2. The summed E-state index contributed by atoms with van der Waals surface area (Å²) in [6, 6.07) is 10.2. The summed E-state index contributed by atoms with van der Waals surface area (Å²) in [5.41, 5.74) is 1.81. The fourth-order valence-corrected chi connectivity index (χ4v) is 3.56. The van der Waals surface area contributed by atoms with Gasteiger partial charge in [-0.05, 0) is 36.0 Å². The second-order valence-electron chi connectivity index (χ2n) is 7.09.